The van der Waals surface area contributed by atoms with Crippen LogP contribution >= 0.6 is 0 Å². The Hall–Kier alpha value is -2.55. The lowest BCUT2D eigenvalue weighted by molar-refractivity contribution is -0.127. The Morgan fingerprint density at radius 2 is 2.14 bits per heavy atom. The number of carbonyl (C=O) groups excluding carboxylic acids is 2. The van der Waals surface area contributed by atoms with Gasteiger partial charge in [0.25, 0.3) is 5.91 Å². The van der Waals surface area contributed by atoms with Gasteiger partial charge in [-0.3, -0.25) is 9.59 Å². The third kappa shape index (κ3) is 4.77. The maximum atomic E-state index is 11.6. The molecule has 22 heavy (non-hydrogen) atoms. The van der Waals surface area contributed by atoms with E-state index in [4.69, 9.17) is 10.00 Å². The van der Waals surface area contributed by atoms with E-state index in [1.807, 2.05) is 11.0 Å². The highest BCUT2D eigenvalue weighted by molar-refractivity contribution is 5.78. The Labute approximate surface area is 129 Å². The van der Waals surface area contributed by atoms with Crippen LogP contribution in [0.15, 0.2) is 24.3 Å². The Bertz CT molecular complexity index is 563. The summed E-state index contributed by atoms with van der Waals surface area (Å²) in [6, 6.07) is 8.61. The van der Waals surface area contributed by atoms with Gasteiger partial charge in [-0.15, -0.1) is 0 Å². The Kier molecular flexibility index (Phi) is 5.78. The fourth-order valence-corrected chi connectivity index (χ4v) is 2.26. The standard InChI is InChI=1S/C16H19N3O3/c17-11-13-4-6-14(7-5-13)22-12-15(20)18-8-2-10-19-9-1-3-16(19)21/h4-7H,1-3,8-10,12H2,(H,18,20). The van der Waals surface area contributed by atoms with Crippen molar-refractivity contribution in [1.82, 2.24) is 10.2 Å². The number of ether oxygens (including phenoxy) is 1. The van der Waals surface area contributed by atoms with Crippen LogP contribution in [-0.4, -0.2) is 43.0 Å². The van der Waals surface area contributed by atoms with E-state index in [9.17, 15) is 9.59 Å². The molecule has 116 valence electrons. The zero-order valence-electron chi connectivity index (χ0n) is 12.4. The van der Waals surface area contributed by atoms with Gasteiger partial charge in [-0.1, -0.05) is 0 Å². The second-order valence-corrected chi connectivity index (χ2v) is 5.11. The van der Waals surface area contributed by atoms with E-state index in [1.54, 1.807) is 24.3 Å². The van der Waals surface area contributed by atoms with Gasteiger partial charge in [0.15, 0.2) is 6.61 Å². The molecule has 0 spiro atoms. The second-order valence-electron chi connectivity index (χ2n) is 5.11. The maximum Gasteiger partial charge on any atom is 0.257 e. The molecule has 0 unspecified atom stereocenters. The van der Waals surface area contributed by atoms with Gasteiger partial charge in [0.05, 0.1) is 11.6 Å². The molecule has 1 aromatic carbocycles. The summed E-state index contributed by atoms with van der Waals surface area (Å²) in [5, 5.41) is 11.4. The van der Waals surface area contributed by atoms with Gasteiger partial charge in [-0.2, -0.15) is 5.26 Å². The van der Waals surface area contributed by atoms with E-state index in [0.29, 0.717) is 30.8 Å². The molecule has 0 aliphatic carbocycles. The lowest BCUT2D eigenvalue weighted by atomic mass is 10.2. The number of benzene rings is 1. The minimum absolute atomic E-state index is 0.0610. The topological polar surface area (TPSA) is 82.4 Å². The highest BCUT2D eigenvalue weighted by Crippen LogP contribution is 2.11. The number of nitrogens with zero attached hydrogens (tertiary/aromatic N) is 2. The molecule has 1 aliphatic rings. The first-order valence-electron chi connectivity index (χ1n) is 7.36. The first-order valence-corrected chi connectivity index (χ1v) is 7.36. The van der Waals surface area contributed by atoms with Crippen LogP contribution in [0.3, 0.4) is 0 Å². The van der Waals surface area contributed by atoms with Crippen molar-refractivity contribution >= 4 is 11.8 Å². The number of amides is 2. The quantitative estimate of drug-likeness (QED) is 0.764. The molecule has 0 atom stereocenters. The van der Waals surface area contributed by atoms with Crippen molar-refractivity contribution in [3.8, 4) is 11.8 Å². The average Bonchev–Trinajstić information content (AvgIpc) is 2.95. The van der Waals surface area contributed by atoms with Crippen LogP contribution in [0, 0.1) is 11.3 Å². The maximum absolute atomic E-state index is 11.6. The van der Waals surface area contributed by atoms with Crippen molar-refractivity contribution in [1.29, 1.82) is 5.26 Å². The van der Waals surface area contributed by atoms with Crippen LogP contribution in [0.4, 0.5) is 0 Å². The van der Waals surface area contributed by atoms with E-state index >= 15 is 0 Å². The van der Waals surface area contributed by atoms with Crippen LogP contribution < -0.4 is 10.1 Å². The van der Waals surface area contributed by atoms with Crippen LogP contribution in [-0.2, 0) is 9.59 Å². The SMILES string of the molecule is N#Cc1ccc(OCC(=O)NCCCN2CCCC2=O)cc1. The van der Waals surface area contributed by atoms with Gasteiger partial charge in [-0.25, -0.2) is 0 Å². The number of likely N-dealkylation sites (tertiary alicyclic amines) is 1. The van der Waals surface area contributed by atoms with Crippen molar-refractivity contribution in [2.75, 3.05) is 26.2 Å². The van der Waals surface area contributed by atoms with Gasteiger partial charge < -0.3 is 15.0 Å². The molecule has 0 radical (unpaired) electrons. The number of nitrogens with one attached hydrogen (secondary N) is 1. The third-order valence-corrected chi connectivity index (χ3v) is 3.45. The molecule has 1 saturated heterocycles. The number of hydrogen-bond donors (Lipinski definition) is 1. The summed E-state index contributed by atoms with van der Waals surface area (Å²) < 4.78 is 5.33. The second kappa shape index (κ2) is 8.03. The monoisotopic (exact) mass is 301 g/mol. The van der Waals surface area contributed by atoms with Crippen molar-refractivity contribution < 1.29 is 14.3 Å². The zero-order chi connectivity index (χ0) is 15.8. The largest absolute Gasteiger partial charge is 0.484 e. The molecule has 2 amide bonds. The predicted octanol–water partition coefficient (Wildman–Crippen LogP) is 1.07. The molecule has 6 heteroatoms. The van der Waals surface area contributed by atoms with Gasteiger partial charge in [0.2, 0.25) is 5.91 Å². The molecular weight excluding hydrogens is 282 g/mol. The molecule has 1 aromatic rings. The molecule has 1 aliphatic heterocycles. The van der Waals surface area contributed by atoms with E-state index in [2.05, 4.69) is 5.32 Å². The smallest absolute Gasteiger partial charge is 0.257 e. The fourth-order valence-electron chi connectivity index (χ4n) is 2.26. The van der Waals surface area contributed by atoms with Crippen molar-refractivity contribution in [3.05, 3.63) is 29.8 Å². The van der Waals surface area contributed by atoms with E-state index in [0.717, 1.165) is 19.4 Å². The molecule has 0 saturated carbocycles. The van der Waals surface area contributed by atoms with Gasteiger partial charge in [-0.05, 0) is 37.1 Å². The lowest BCUT2D eigenvalue weighted by Gasteiger charge is -2.15. The Morgan fingerprint density at radius 3 is 2.77 bits per heavy atom. The summed E-state index contributed by atoms with van der Waals surface area (Å²) in [6.45, 7) is 1.98. The molecule has 6 nitrogen and oxygen atoms in total. The summed E-state index contributed by atoms with van der Waals surface area (Å²) in [6.07, 6.45) is 2.32. The molecule has 1 fully saturated rings. The van der Waals surface area contributed by atoms with Crippen LogP contribution in [0.25, 0.3) is 0 Å². The van der Waals surface area contributed by atoms with Crippen LogP contribution in [0.2, 0.25) is 0 Å². The van der Waals surface area contributed by atoms with Crippen LogP contribution in [0.5, 0.6) is 5.75 Å². The summed E-state index contributed by atoms with van der Waals surface area (Å²) in [5.41, 5.74) is 0.549. The number of nitriles is 1. The number of carbonyl (C=O) groups is 2. The molecule has 1 N–H and O–H groups in total. The molecule has 0 bridgehead atoms. The zero-order valence-corrected chi connectivity index (χ0v) is 12.4. The first kappa shape index (κ1) is 15.8. The van der Waals surface area contributed by atoms with Crippen molar-refractivity contribution in [2.45, 2.75) is 19.3 Å². The third-order valence-electron chi connectivity index (χ3n) is 3.45. The Morgan fingerprint density at radius 1 is 1.36 bits per heavy atom. The summed E-state index contributed by atoms with van der Waals surface area (Å²) in [4.78, 5) is 24.9. The van der Waals surface area contributed by atoms with E-state index in [-0.39, 0.29) is 18.4 Å². The van der Waals surface area contributed by atoms with Crippen LogP contribution in [0.1, 0.15) is 24.8 Å². The number of hydrogen-bond acceptors (Lipinski definition) is 4. The predicted molar refractivity (Wildman–Crippen MR) is 80.1 cm³/mol. The highest BCUT2D eigenvalue weighted by Gasteiger charge is 2.18. The van der Waals surface area contributed by atoms with E-state index < -0.39 is 0 Å². The Balaban J connectivity index is 1.59. The summed E-state index contributed by atoms with van der Waals surface area (Å²) in [5.74, 6) is 0.560. The van der Waals surface area contributed by atoms with Crippen molar-refractivity contribution in [3.63, 3.8) is 0 Å². The van der Waals surface area contributed by atoms with Crippen molar-refractivity contribution in [2.24, 2.45) is 0 Å². The van der Waals surface area contributed by atoms with Gasteiger partial charge in [0.1, 0.15) is 5.75 Å². The molecular formula is C16H19N3O3. The minimum atomic E-state index is -0.197. The molecule has 1 heterocycles. The minimum Gasteiger partial charge on any atom is -0.484 e. The normalized spacial score (nSPS) is 13.8. The summed E-state index contributed by atoms with van der Waals surface area (Å²) in [7, 11) is 0. The average molecular weight is 301 g/mol. The van der Waals surface area contributed by atoms with Gasteiger partial charge >= 0.3 is 0 Å². The first-order chi connectivity index (χ1) is 10.7. The molecule has 0 aromatic heterocycles. The molecule has 2 rings (SSSR count). The lowest BCUT2D eigenvalue weighted by Crippen LogP contribution is -2.33. The number of rotatable bonds is 7. The fraction of sp³-hybridized carbons (Fsp3) is 0.438. The van der Waals surface area contributed by atoms with Gasteiger partial charge in [0, 0.05) is 26.1 Å². The van der Waals surface area contributed by atoms with E-state index in [1.165, 1.54) is 0 Å². The highest BCUT2D eigenvalue weighted by atomic mass is 16.5. The summed E-state index contributed by atoms with van der Waals surface area (Å²) >= 11 is 0.